The number of anilines is 3. The molecule has 0 aliphatic heterocycles. The zero-order valence-electron chi connectivity index (χ0n) is 18.2. The van der Waals surface area contributed by atoms with Crippen LogP contribution in [0.15, 0.2) is 91.0 Å². The average Bonchev–Trinajstić information content (AvgIpc) is 2.74. The van der Waals surface area contributed by atoms with Gasteiger partial charge in [0.2, 0.25) is 0 Å². The fraction of sp³-hybridized carbons (Fsp3) is 0.103. The predicted molar refractivity (Wildman–Crippen MR) is 132 cm³/mol. The van der Waals surface area contributed by atoms with Gasteiger partial charge in [0.05, 0.1) is 0 Å². The Bertz CT molecular complexity index is 1180. The van der Waals surface area contributed by atoms with Crippen LogP contribution in [0.1, 0.15) is 27.8 Å². The van der Waals surface area contributed by atoms with Crippen LogP contribution < -0.4 is 4.90 Å². The number of aromatic hydroxyl groups is 1. The molecule has 0 saturated carbocycles. The van der Waals surface area contributed by atoms with Gasteiger partial charge in [0.1, 0.15) is 5.75 Å². The summed E-state index contributed by atoms with van der Waals surface area (Å²) >= 11 is 0. The molecule has 0 aliphatic carbocycles. The molecule has 31 heavy (non-hydrogen) atoms. The van der Waals surface area contributed by atoms with E-state index < -0.39 is 0 Å². The summed E-state index contributed by atoms with van der Waals surface area (Å²) in [5.74, 6) is 0.264. The van der Waals surface area contributed by atoms with Crippen LogP contribution in [0.5, 0.6) is 5.75 Å². The quantitative estimate of drug-likeness (QED) is 0.340. The SMILES string of the molecule is Cc1cc(C)cc(/C=C/c2ccc(N(c3ccc(O)cc3)c3cccc(C)c3)cc2)c1. The number of benzene rings is 4. The van der Waals surface area contributed by atoms with Crippen molar-refractivity contribution in [3.05, 3.63) is 119 Å². The zero-order chi connectivity index (χ0) is 21.8. The van der Waals surface area contributed by atoms with E-state index in [9.17, 15) is 5.11 Å². The first-order chi connectivity index (χ1) is 15.0. The molecule has 0 atom stereocenters. The van der Waals surface area contributed by atoms with Gasteiger partial charge < -0.3 is 10.0 Å². The summed E-state index contributed by atoms with van der Waals surface area (Å²) < 4.78 is 0. The number of phenols is 1. The van der Waals surface area contributed by atoms with Crippen molar-refractivity contribution in [3.8, 4) is 5.75 Å². The lowest BCUT2D eigenvalue weighted by atomic mass is 10.1. The molecule has 1 N–H and O–H groups in total. The van der Waals surface area contributed by atoms with E-state index >= 15 is 0 Å². The first kappa shape index (κ1) is 20.5. The van der Waals surface area contributed by atoms with Gasteiger partial charge in [-0.15, -0.1) is 0 Å². The minimum absolute atomic E-state index is 0.264. The van der Waals surface area contributed by atoms with Gasteiger partial charge in [0.15, 0.2) is 0 Å². The number of aryl methyl sites for hydroxylation is 3. The van der Waals surface area contributed by atoms with Gasteiger partial charge in [0.25, 0.3) is 0 Å². The van der Waals surface area contributed by atoms with Crippen molar-refractivity contribution in [2.45, 2.75) is 20.8 Å². The monoisotopic (exact) mass is 405 g/mol. The van der Waals surface area contributed by atoms with E-state index in [4.69, 9.17) is 0 Å². The second-order valence-corrected chi connectivity index (χ2v) is 8.04. The van der Waals surface area contributed by atoms with Crippen LogP contribution >= 0.6 is 0 Å². The smallest absolute Gasteiger partial charge is 0.115 e. The van der Waals surface area contributed by atoms with Gasteiger partial charge in [0, 0.05) is 17.1 Å². The maximum Gasteiger partial charge on any atom is 0.115 e. The van der Waals surface area contributed by atoms with Crippen molar-refractivity contribution in [2.24, 2.45) is 0 Å². The highest BCUT2D eigenvalue weighted by Gasteiger charge is 2.12. The summed E-state index contributed by atoms with van der Waals surface area (Å²) in [5, 5.41) is 9.72. The molecule has 2 heteroatoms. The summed E-state index contributed by atoms with van der Waals surface area (Å²) in [7, 11) is 0. The van der Waals surface area contributed by atoms with Crippen molar-refractivity contribution in [1.29, 1.82) is 0 Å². The molecular weight excluding hydrogens is 378 g/mol. The minimum Gasteiger partial charge on any atom is -0.508 e. The maximum atomic E-state index is 9.72. The first-order valence-corrected chi connectivity index (χ1v) is 10.5. The summed E-state index contributed by atoms with van der Waals surface area (Å²) in [5.41, 5.74) is 9.28. The summed E-state index contributed by atoms with van der Waals surface area (Å²) in [4.78, 5) is 2.20. The third-order valence-corrected chi connectivity index (χ3v) is 5.23. The van der Waals surface area contributed by atoms with Gasteiger partial charge >= 0.3 is 0 Å². The van der Waals surface area contributed by atoms with Gasteiger partial charge in [-0.2, -0.15) is 0 Å². The third-order valence-electron chi connectivity index (χ3n) is 5.23. The van der Waals surface area contributed by atoms with Crippen LogP contribution in [0.25, 0.3) is 12.2 Å². The molecule has 0 heterocycles. The molecule has 154 valence electrons. The van der Waals surface area contributed by atoms with E-state index in [1.54, 1.807) is 12.1 Å². The van der Waals surface area contributed by atoms with Crippen LogP contribution in [0.2, 0.25) is 0 Å². The van der Waals surface area contributed by atoms with E-state index in [-0.39, 0.29) is 5.75 Å². The Morgan fingerprint density at radius 2 is 1.13 bits per heavy atom. The Balaban J connectivity index is 1.66. The molecule has 0 aliphatic rings. The fourth-order valence-corrected chi connectivity index (χ4v) is 3.85. The molecule has 0 bridgehead atoms. The molecule has 4 rings (SSSR count). The van der Waals surface area contributed by atoms with Crippen molar-refractivity contribution in [1.82, 2.24) is 0 Å². The Kier molecular flexibility index (Phi) is 5.90. The Morgan fingerprint density at radius 3 is 1.74 bits per heavy atom. The highest BCUT2D eigenvalue weighted by atomic mass is 16.3. The average molecular weight is 406 g/mol. The molecule has 4 aromatic carbocycles. The first-order valence-electron chi connectivity index (χ1n) is 10.5. The molecule has 4 aromatic rings. The van der Waals surface area contributed by atoms with Crippen molar-refractivity contribution < 1.29 is 5.11 Å². The van der Waals surface area contributed by atoms with Crippen molar-refractivity contribution >= 4 is 29.2 Å². The number of nitrogens with zero attached hydrogens (tertiary/aromatic N) is 1. The van der Waals surface area contributed by atoms with Crippen molar-refractivity contribution in [3.63, 3.8) is 0 Å². The molecule has 2 nitrogen and oxygen atoms in total. The van der Waals surface area contributed by atoms with Gasteiger partial charge in [-0.25, -0.2) is 0 Å². The largest absolute Gasteiger partial charge is 0.508 e. The van der Waals surface area contributed by atoms with E-state index in [1.165, 1.54) is 22.3 Å². The summed E-state index contributed by atoms with van der Waals surface area (Å²) in [6.45, 7) is 6.35. The Morgan fingerprint density at radius 1 is 0.548 bits per heavy atom. The van der Waals surface area contributed by atoms with Gasteiger partial charge in [-0.3, -0.25) is 0 Å². The van der Waals surface area contributed by atoms with E-state index in [0.717, 1.165) is 22.6 Å². The number of hydrogen-bond donors (Lipinski definition) is 1. The zero-order valence-corrected chi connectivity index (χ0v) is 18.2. The molecule has 0 spiro atoms. The van der Waals surface area contributed by atoms with Crippen LogP contribution in [0, 0.1) is 20.8 Å². The van der Waals surface area contributed by atoms with Crippen LogP contribution in [-0.2, 0) is 0 Å². The van der Waals surface area contributed by atoms with E-state index in [1.807, 2.05) is 12.1 Å². The van der Waals surface area contributed by atoms with Crippen molar-refractivity contribution in [2.75, 3.05) is 4.90 Å². The highest BCUT2D eigenvalue weighted by Crippen LogP contribution is 2.35. The Hall–Kier alpha value is -3.78. The fourth-order valence-electron chi connectivity index (χ4n) is 3.85. The van der Waals surface area contributed by atoms with Gasteiger partial charge in [-0.05, 0) is 86.0 Å². The number of hydrogen-bond acceptors (Lipinski definition) is 2. The number of rotatable bonds is 5. The number of phenolic OH excluding ortho intramolecular Hbond substituents is 1. The van der Waals surface area contributed by atoms with Crippen LogP contribution in [0.3, 0.4) is 0 Å². The molecule has 0 fully saturated rings. The lowest BCUT2D eigenvalue weighted by Crippen LogP contribution is -2.09. The molecule has 0 radical (unpaired) electrons. The summed E-state index contributed by atoms with van der Waals surface area (Å²) in [6, 6.07) is 30.9. The Labute approximate surface area is 184 Å². The van der Waals surface area contributed by atoms with E-state index in [2.05, 4.69) is 105 Å². The van der Waals surface area contributed by atoms with Crippen LogP contribution in [-0.4, -0.2) is 5.11 Å². The highest BCUT2D eigenvalue weighted by molar-refractivity contribution is 5.78. The summed E-state index contributed by atoms with van der Waals surface area (Å²) in [6.07, 6.45) is 4.31. The van der Waals surface area contributed by atoms with Crippen LogP contribution in [0.4, 0.5) is 17.1 Å². The molecule has 0 amide bonds. The molecule has 0 saturated heterocycles. The standard InChI is InChI=1S/C29H27NO/c1-21-5-4-6-28(20-21)30(27-13-15-29(31)16-14-27)26-11-9-24(10-12-26)7-8-25-18-22(2)17-23(3)19-25/h4-20,31H,1-3H3/b8-7+. The molecular formula is C29H27NO. The molecule has 0 aromatic heterocycles. The van der Waals surface area contributed by atoms with E-state index in [0.29, 0.717) is 0 Å². The third kappa shape index (κ3) is 5.04. The minimum atomic E-state index is 0.264. The van der Waals surface area contributed by atoms with Gasteiger partial charge in [-0.1, -0.05) is 65.7 Å². The second-order valence-electron chi connectivity index (χ2n) is 8.04. The topological polar surface area (TPSA) is 23.5 Å². The lowest BCUT2D eigenvalue weighted by molar-refractivity contribution is 0.475. The maximum absolute atomic E-state index is 9.72. The molecule has 0 unspecified atom stereocenters. The second kappa shape index (κ2) is 8.93. The normalized spacial score (nSPS) is 11.1. The predicted octanol–water partition coefficient (Wildman–Crippen LogP) is 7.96. The lowest BCUT2D eigenvalue weighted by Gasteiger charge is -2.26.